The van der Waals surface area contributed by atoms with Crippen LogP contribution in [-0.2, 0) is 55.2 Å². The molecule has 5 heavy (non-hydrogen) atoms. The van der Waals surface area contributed by atoms with Crippen LogP contribution in [0.2, 0.25) is 0 Å². The second kappa shape index (κ2) is 26.9. The second-order valence-electron chi connectivity index (χ2n) is 0. The van der Waals surface area contributed by atoms with E-state index in [1.54, 1.807) is 0 Å². The van der Waals surface area contributed by atoms with Crippen molar-refractivity contribution >= 4 is 47.0 Å². The quantitative estimate of drug-likeness (QED) is 0.425. The third kappa shape index (κ3) is 19.0. The van der Waals surface area contributed by atoms with E-state index in [1.807, 2.05) is 0 Å². The molecule has 0 N–H and O–H groups in total. The molecule has 0 amide bonds. The number of hydrogen-bond acceptors (Lipinski definition) is 0. The summed E-state index contributed by atoms with van der Waals surface area (Å²) in [5.41, 5.74) is 0. The van der Waals surface area contributed by atoms with E-state index in [9.17, 15) is 0 Å². The second-order valence-corrected chi connectivity index (χ2v) is 0. The topological polar surface area (TPSA) is 0 Å². The third-order valence-corrected chi connectivity index (χ3v) is 0. The van der Waals surface area contributed by atoms with Crippen molar-refractivity contribution in [1.82, 2.24) is 0 Å². The van der Waals surface area contributed by atoms with Gasteiger partial charge in [0.05, 0.1) is 0 Å². The average Bonchev–Trinajstić information content (AvgIpc) is 0. The minimum atomic E-state index is 0. The van der Waals surface area contributed by atoms with Crippen LogP contribution in [0.4, 0.5) is 0 Å². The van der Waals surface area contributed by atoms with Gasteiger partial charge in [0.15, 0.2) is 0 Å². The molecule has 5 heteroatoms. The molecule has 0 nitrogen and oxygen atoms in total. The number of halogens is 1. The van der Waals surface area contributed by atoms with Crippen LogP contribution < -0.4 is 0 Å². The van der Waals surface area contributed by atoms with E-state index >= 15 is 0 Å². The average molecular weight is 368 g/mol. The predicted molar refractivity (Wildman–Crippen MR) is 21.2 cm³/mol. The maximum absolute atomic E-state index is 0. The van der Waals surface area contributed by atoms with Crippen molar-refractivity contribution in [1.29, 1.82) is 0 Å². The summed E-state index contributed by atoms with van der Waals surface area (Å²) in [7, 11) is 0. The van der Waals surface area contributed by atoms with E-state index in [-0.39, 0.29) is 102 Å². The summed E-state index contributed by atoms with van der Waals surface area (Å²) in [6, 6.07) is 0. The molecule has 0 aromatic rings. The van der Waals surface area contributed by atoms with Crippen LogP contribution in [0.3, 0.4) is 0 Å². The fraction of sp³-hybridized carbons (Fsp3) is 0. The molecule has 0 aliphatic rings. The molecule has 0 unspecified atom stereocenters. The largest absolute Gasteiger partial charge is 0.107 e. The first-order valence-electron chi connectivity index (χ1n) is 0. The molecule has 0 saturated heterocycles. The van der Waals surface area contributed by atoms with Gasteiger partial charge in [-0.05, 0) is 0 Å². The van der Waals surface area contributed by atoms with Crippen molar-refractivity contribution in [3.05, 3.63) is 0 Å². The Balaban J connectivity index is 0. The fourth-order valence-corrected chi connectivity index (χ4v) is 0. The maximum Gasteiger partial charge on any atom is 0 e. The van der Waals surface area contributed by atoms with E-state index in [0.717, 1.165) is 0 Å². The Morgan fingerprint density at radius 3 is 1.00 bits per heavy atom. The molecule has 0 heterocycles. The molecule has 0 saturated carbocycles. The van der Waals surface area contributed by atoms with Crippen LogP contribution in [0, 0.1) is 0 Å². The van der Waals surface area contributed by atoms with E-state index in [0.29, 0.717) is 0 Å². The van der Waals surface area contributed by atoms with Gasteiger partial charge in [0, 0.05) is 78.3 Å². The summed E-state index contributed by atoms with van der Waals surface area (Å²) in [5, 5.41) is 0. The molecule has 0 spiro atoms. The van der Waals surface area contributed by atoms with E-state index < -0.39 is 0 Å². The summed E-state index contributed by atoms with van der Waals surface area (Å²) in [6.45, 7) is 0. The molecule has 0 aromatic heterocycles. The molecule has 0 aliphatic heterocycles. The van der Waals surface area contributed by atoms with Crippen molar-refractivity contribution in [2.75, 3.05) is 0 Å². The maximum atomic E-state index is 0. The normalized spacial score (nSPS) is 0. The zero-order chi connectivity index (χ0) is 0. The summed E-state index contributed by atoms with van der Waals surface area (Å²) in [4.78, 5) is 0. The van der Waals surface area contributed by atoms with E-state index in [4.69, 9.17) is 0 Å². The van der Waals surface area contributed by atoms with Gasteiger partial charge in [0.2, 0.25) is 0 Å². The molecular formula is HCuFeIMgMo. The Bertz CT molecular complexity index is 11.6. The minimum absolute atomic E-state index is 0. The molecule has 0 aromatic carbocycles. The summed E-state index contributed by atoms with van der Waals surface area (Å²) in [5.74, 6) is 0. The van der Waals surface area contributed by atoms with Gasteiger partial charge in [-0.25, -0.2) is 0 Å². The Morgan fingerprint density at radius 1 is 1.00 bits per heavy atom. The van der Waals surface area contributed by atoms with Gasteiger partial charge in [-0.1, -0.05) is 0 Å². The van der Waals surface area contributed by atoms with Gasteiger partial charge >= 0.3 is 0 Å². The molecule has 35 valence electrons. The van der Waals surface area contributed by atoms with Crippen LogP contribution in [-0.4, -0.2) is 23.1 Å². The van der Waals surface area contributed by atoms with Crippen molar-refractivity contribution in [2.45, 2.75) is 0 Å². The molecule has 3 radical (unpaired) electrons. The first-order chi connectivity index (χ1) is 0. The van der Waals surface area contributed by atoms with Crippen LogP contribution in [0.1, 0.15) is 0 Å². The van der Waals surface area contributed by atoms with Crippen LogP contribution in [0.25, 0.3) is 0 Å². The fourth-order valence-electron chi connectivity index (χ4n) is 0. The molecular weight excluding hydrogens is 367 g/mol. The SMILES string of the molecule is I.[Cu].[Fe].[Mg].[Mo]. The van der Waals surface area contributed by atoms with Crippen LogP contribution in [0.5, 0.6) is 0 Å². The van der Waals surface area contributed by atoms with Crippen molar-refractivity contribution in [3.63, 3.8) is 0 Å². The van der Waals surface area contributed by atoms with Crippen molar-refractivity contribution in [2.24, 2.45) is 0 Å². The Morgan fingerprint density at radius 2 is 1.00 bits per heavy atom. The summed E-state index contributed by atoms with van der Waals surface area (Å²) >= 11 is 0. The van der Waals surface area contributed by atoms with Gasteiger partial charge in [0.25, 0.3) is 0 Å². The van der Waals surface area contributed by atoms with Crippen molar-refractivity contribution < 1.29 is 55.2 Å². The van der Waals surface area contributed by atoms with E-state index in [2.05, 4.69) is 0 Å². The first-order valence-corrected chi connectivity index (χ1v) is 0. The molecule has 0 rings (SSSR count). The Kier molecular flexibility index (Phi) is 222. The summed E-state index contributed by atoms with van der Waals surface area (Å²) in [6.07, 6.45) is 0. The van der Waals surface area contributed by atoms with Gasteiger partial charge in [-0.3, -0.25) is 0 Å². The van der Waals surface area contributed by atoms with Crippen molar-refractivity contribution in [3.8, 4) is 0 Å². The zero-order valence-corrected chi connectivity index (χ0v) is 9.98. The molecule has 0 bridgehead atoms. The molecule has 0 aliphatic carbocycles. The molecule has 0 atom stereocenters. The van der Waals surface area contributed by atoms with Gasteiger partial charge < -0.3 is 0 Å². The number of rotatable bonds is 0. The van der Waals surface area contributed by atoms with E-state index in [1.165, 1.54) is 0 Å². The first kappa shape index (κ1) is 41.3. The predicted octanol–water partition coefficient (Wildman–Crippen LogP) is 0.230. The van der Waals surface area contributed by atoms with Gasteiger partial charge in [-0.15, -0.1) is 24.0 Å². The van der Waals surface area contributed by atoms with Crippen LogP contribution in [0.15, 0.2) is 0 Å². The smallest absolute Gasteiger partial charge is 0 e. The van der Waals surface area contributed by atoms with Crippen LogP contribution >= 0.6 is 24.0 Å². The monoisotopic (exact) mass is 369 g/mol. The third-order valence-electron chi connectivity index (χ3n) is 0. The Hall–Kier alpha value is 3.22. The zero-order valence-electron chi connectivity index (χ0n) is 2.18. The summed E-state index contributed by atoms with van der Waals surface area (Å²) < 4.78 is 0. The van der Waals surface area contributed by atoms with Gasteiger partial charge in [-0.2, -0.15) is 0 Å². The minimum Gasteiger partial charge on any atom is -0.107 e. The van der Waals surface area contributed by atoms with Gasteiger partial charge in [0.1, 0.15) is 0 Å². The standard InChI is InChI=1S/Cu.Fe.HI.Mg.Mo/h;;1H;;. The molecule has 0 fully saturated rings. The Labute approximate surface area is 100 Å². The number of hydrogen-bond donors (Lipinski definition) is 0.